The number of piperidine rings is 2. The number of aromatic hydroxyl groups is 1. The van der Waals surface area contributed by atoms with Crippen LogP contribution in [-0.4, -0.2) is 53.4 Å². The van der Waals surface area contributed by atoms with Crippen LogP contribution in [0.5, 0.6) is 5.75 Å². The smallest absolute Gasteiger partial charge is 0.253 e. The van der Waals surface area contributed by atoms with Gasteiger partial charge in [-0.2, -0.15) is 0 Å². The molecule has 28 heavy (non-hydrogen) atoms. The monoisotopic (exact) mass is 378 g/mol. The molecule has 0 bridgehead atoms. The van der Waals surface area contributed by atoms with Gasteiger partial charge in [0.2, 0.25) is 5.91 Å². The lowest BCUT2D eigenvalue weighted by Crippen LogP contribution is -2.53. The average molecular weight is 378 g/mol. The second-order valence-electron chi connectivity index (χ2n) is 8.20. The number of benzene rings is 2. The Morgan fingerprint density at radius 3 is 2.46 bits per heavy atom. The van der Waals surface area contributed by atoms with Gasteiger partial charge >= 0.3 is 0 Å². The fraction of sp³-hybridized carbons (Fsp3) is 0.391. The van der Waals surface area contributed by atoms with Crippen molar-refractivity contribution in [2.75, 3.05) is 26.7 Å². The number of phenolic OH excluding ortho intramolecular Hbond substituents is 1. The minimum Gasteiger partial charge on any atom is -0.508 e. The van der Waals surface area contributed by atoms with Gasteiger partial charge in [0, 0.05) is 32.2 Å². The minimum absolute atomic E-state index is 0.0365. The largest absolute Gasteiger partial charge is 0.508 e. The molecule has 1 spiro atoms. The Bertz CT molecular complexity index is 872. The normalized spacial score (nSPS) is 21.8. The van der Waals surface area contributed by atoms with E-state index in [1.165, 1.54) is 6.07 Å². The highest BCUT2D eigenvalue weighted by atomic mass is 16.3. The lowest BCUT2D eigenvalue weighted by Gasteiger charge is -2.49. The van der Waals surface area contributed by atoms with E-state index in [-0.39, 0.29) is 28.9 Å². The van der Waals surface area contributed by atoms with Gasteiger partial charge in [0.1, 0.15) is 5.75 Å². The zero-order valence-electron chi connectivity index (χ0n) is 16.2. The maximum absolute atomic E-state index is 12.8. The zero-order chi connectivity index (χ0) is 19.7. The highest BCUT2D eigenvalue weighted by Gasteiger charge is 2.45. The van der Waals surface area contributed by atoms with Crippen molar-refractivity contribution in [3.63, 3.8) is 0 Å². The molecule has 2 heterocycles. The van der Waals surface area contributed by atoms with Crippen molar-refractivity contribution in [1.29, 1.82) is 0 Å². The topological polar surface area (TPSA) is 60.9 Å². The van der Waals surface area contributed by atoms with Crippen LogP contribution in [0.2, 0.25) is 0 Å². The third-order valence-corrected chi connectivity index (χ3v) is 6.29. The second kappa shape index (κ2) is 7.30. The molecule has 2 amide bonds. The number of nitrogens with zero attached hydrogens (tertiary/aromatic N) is 2. The van der Waals surface area contributed by atoms with Gasteiger partial charge in [-0.1, -0.05) is 36.4 Å². The van der Waals surface area contributed by atoms with Crippen LogP contribution in [0.15, 0.2) is 54.6 Å². The maximum Gasteiger partial charge on any atom is 0.253 e. The molecule has 146 valence electrons. The molecule has 1 N–H and O–H groups in total. The third kappa shape index (κ3) is 3.49. The van der Waals surface area contributed by atoms with Crippen molar-refractivity contribution in [1.82, 2.24) is 9.80 Å². The van der Waals surface area contributed by atoms with Crippen LogP contribution in [0.25, 0.3) is 0 Å². The number of carbonyl (C=O) groups is 2. The van der Waals surface area contributed by atoms with Crippen molar-refractivity contribution < 1.29 is 14.7 Å². The van der Waals surface area contributed by atoms with Gasteiger partial charge in [0.25, 0.3) is 5.91 Å². The van der Waals surface area contributed by atoms with Gasteiger partial charge in [-0.15, -0.1) is 0 Å². The predicted molar refractivity (Wildman–Crippen MR) is 107 cm³/mol. The first-order valence-corrected chi connectivity index (χ1v) is 9.86. The van der Waals surface area contributed by atoms with Crippen molar-refractivity contribution in [3.8, 4) is 5.75 Å². The van der Waals surface area contributed by atoms with Crippen LogP contribution in [0.1, 0.15) is 41.1 Å². The lowest BCUT2D eigenvalue weighted by molar-refractivity contribution is -0.139. The van der Waals surface area contributed by atoms with Crippen molar-refractivity contribution in [3.05, 3.63) is 65.7 Å². The first kappa shape index (κ1) is 18.5. The lowest BCUT2D eigenvalue weighted by atomic mass is 9.67. The number of carbonyl (C=O) groups excluding carboxylic acids is 2. The Labute approximate surface area is 165 Å². The highest BCUT2D eigenvalue weighted by molar-refractivity contribution is 5.94. The molecule has 2 aliphatic heterocycles. The zero-order valence-corrected chi connectivity index (χ0v) is 16.2. The van der Waals surface area contributed by atoms with Crippen LogP contribution < -0.4 is 0 Å². The van der Waals surface area contributed by atoms with Gasteiger partial charge < -0.3 is 14.9 Å². The standard InChI is InChI=1S/C23H26N2O3/c1-24-16-23(15-20(22(24)28)17-6-3-2-4-7-17)10-12-25(13-11-23)21(27)18-8-5-9-19(26)14-18/h2-9,14,20,26H,10-13,15-16H2,1H3/t20-/m1/s1. The molecule has 0 aromatic heterocycles. The molecule has 0 unspecified atom stereocenters. The molecule has 0 saturated carbocycles. The summed E-state index contributed by atoms with van der Waals surface area (Å²) >= 11 is 0. The molecule has 2 aromatic carbocycles. The SMILES string of the molecule is CN1CC2(CCN(C(=O)c3cccc(O)c3)CC2)C[C@H](c2ccccc2)C1=O. The number of rotatable bonds is 2. The van der Waals surface area contributed by atoms with Crippen molar-refractivity contribution in [2.24, 2.45) is 5.41 Å². The molecular weight excluding hydrogens is 352 g/mol. The van der Waals surface area contributed by atoms with E-state index in [0.29, 0.717) is 18.7 Å². The summed E-state index contributed by atoms with van der Waals surface area (Å²) in [4.78, 5) is 29.3. The molecule has 0 radical (unpaired) electrons. The number of amides is 2. The maximum atomic E-state index is 12.8. The van der Waals surface area contributed by atoms with E-state index in [1.807, 2.05) is 47.2 Å². The molecule has 2 aromatic rings. The molecule has 2 fully saturated rings. The fourth-order valence-electron chi connectivity index (χ4n) is 4.75. The number of phenols is 1. The summed E-state index contributed by atoms with van der Waals surface area (Å²) in [5, 5.41) is 9.64. The molecule has 2 aliphatic rings. The summed E-state index contributed by atoms with van der Waals surface area (Å²) in [6, 6.07) is 16.5. The van der Waals surface area contributed by atoms with E-state index < -0.39 is 0 Å². The van der Waals surface area contributed by atoms with Crippen LogP contribution in [0, 0.1) is 5.41 Å². The van der Waals surface area contributed by atoms with E-state index in [1.54, 1.807) is 18.2 Å². The Kier molecular flexibility index (Phi) is 4.84. The Morgan fingerprint density at radius 1 is 1.07 bits per heavy atom. The summed E-state index contributed by atoms with van der Waals surface area (Å²) < 4.78 is 0. The number of likely N-dealkylation sites (tertiary alicyclic amines) is 2. The van der Waals surface area contributed by atoms with E-state index in [9.17, 15) is 14.7 Å². The number of hydrogen-bond acceptors (Lipinski definition) is 3. The highest BCUT2D eigenvalue weighted by Crippen LogP contribution is 2.45. The summed E-state index contributed by atoms with van der Waals surface area (Å²) in [5.41, 5.74) is 1.66. The Hall–Kier alpha value is -2.82. The average Bonchev–Trinajstić information content (AvgIpc) is 2.71. The first-order chi connectivity index (χ1) is 13.5. The van der Waals surface area contributed by atoms with E-state index >= 15 is 0 Å². The van der Waals surface area contributed by atoms with Gasteiger partial charge in [-0.05, 0) is 48.4 Å². The summed E-state index contributed by atoms with van der Waals surface area (Å²) in [5.74, 6) is 0.159. The first-order valence-electron chi connectivity index (χ1n) is 9.86. The third-order valence-electron chi connectivity index (χ3n) is 6.29. The van der Waals surface area contributed by atoms with Crippen molar-refractivity contribution >= 4 is 11.8 Å². The molecule has 0 aliphatic carbocycles. The van der Waals surface area contributed by atoms with E-state index in [2.05, 4.69) is 0 Å². The van der Waals surface area contributed by atoms with Crippen LogP contribution in [0.4, 0.5) is 0 Å². The molecule has 1 atom stereocenters. The fourth-order valence-corrected chi connectivity index (χ4v) is 4.75. The van der Waals surface area contributed by atoms with Crippen LogP contribution in [0.3, 0.4) is 0 Å². The molecular formula is C23H26N2O3. The van der Waals surface area contributed by atoms with Gasteiger partial charge in [0.05, 0.1) is 5.92 Å². The molecule has 2 saturated heterocycles. The van der Waals surface area contributed by atoms with Gasteiger partial charge in [-0.25, -0.2) is 0 Å². The Balaban J connectivity index is 1.48. The Morgan fingerprint density at radius 2 is 1.79 bits per heavy atom. The summed E-state index contributed by atoms with van der Waals surface area (Å²) in [6.45, 7) is 2.11. The van der Waals surface area contributed by atoms with Gasteiger partial charge in [-0.3, -0.25) is 9.59 Å². The van der Waals surface area contributed by atoms with Crippen LogP contribution in [-0.2, 0) is 4.79 Å². The number of likely N-dealkylation sites (N-methyl/N-ethyl adjacent to an activating group) is 1. The minimum atomic E-state index is -0.103. The summed E-state index contributed by atoms with van der Waals surface area (Å²) in [7, 11) is 1.89. The molecule has 5 nitrogen and oxygen atoms in total. The van der Waals surface area contributed by atoms with Gasteiger partial charge in [0.15, 0.2) is 0 Å². The predicted octanol–water partition coefficient (Wildman–Crippen LogP) is 3.26. The van der Waals surface area contributed by atoms with E-state index in [0.717, 1.165) is 31.4 Å². The summed E-state index contributed by atoms with van der Waals surface area (Å²) in [6.07, 6.45) is 2.62. The molecule has 5 heteroatoms. The molecule has 4 rings (SSSR count). The van der Waals surface area contributed by atoms with Crippen molar-refractivity contribution in [2.45, 2.75) is 25.2 Å². The second-order valence-corrected chi connectivity index (χ2v) is 8.20. The number of hydrogen-bond donors (Lipinski definition) is 1. The quantitative estimate of drug-likeness (QED) is 0.873. The van der Waals surface area contributed by atoms with Crippen LogP contribution >= 0.6 is 0 Å². The van der Waals surface area contributed by atoms with E-state index in [4.69, 9.17) is 0 Å².